The van der Waals surface area contributed by atoms with Gasteiger partial charge >= 0.3 is 0 Å². The molecule has 5 rings (SSSR count). The van der Waals surface area contributed by atoms with Crippen molar-refractivity contribution >= 4 is 10.9 Å². The summed E-state index contributed by atoms with van der Waals surface area (Å²) in [5, 5.41) is 1.39. The standard InChI is InChI=1S/C19H25N3O/c1-23-13-5-6-14-15-7-11-22-17(19(15)20-16(14)12-13)8-10-21-9-3-2-4-18(21)22/h5-6,12,17-18,20H,2-4,7-11H2,1H3/t17-,18-/m1/s1. The SMILES string of the molecule is COc1ccc2c3c([nH]c2c1)[C@H]1CCN2CCCC[C@H]2N1CC3. The lowest BCUT2D eigenvalue weighted by Crippen LogP contribution is -2.58. The number of H-pyrrole nitrogens is 1. The molecule has 0 aliphatic carbocycles. The second-order valence-corrected chi connectivity index (χ2v) is 7.23. The van der Waals surface area contributed by atoms with Crippen LogP contribution in [0.15, 0.2) is 18.2 Å². The Balaban J connectivity index is 1.56. The van der Waals surface area contributed by atoms with E-state index < -0.39 is 0 Å². The van der Waals surface area contributed by atoms with Crippen LogP contribution in [-0.2, 0) is 6.42 Å². The van der Waals surface area contributed by atoms with Crippen LogP contribution in [-0.4, -0.2) is 47.7 Å². The fourth-order valence-corrected chi connectivity index (χ4v) is 5.06. The number of methoxy groups -OCH3 is 1. The molecular formula is C19H25N3O. The van der Waals surface area contributed by atoms with Crippen molar-refractivity contribution in [2.45, 2.75) is 44.3 Å². The molecule has 1 aromatic heterocycles. The third-order valence-electron chi connectivity index (χ3n) is 6.15. The van der Waals surface area contributed by atoms with Crippen molar-refractivity contribution in [1.82, 2.24) is 14.8 Å². The van der Waals surface area contributed by atoms with Crippen molar-refractivity contribution in [3.63, 3.8) is 0 Å². The summed E-state index contributed by atoms with van der Waals surface area (Å²) in [7, 11) is 1.74. The molecule has 122 valence electrons. The summed E-state index contributed by atoms with van der Waals surface area (Å²) in [6.07, 6.45) is 7.22. The highest BCUT2D eigenvalue weighted by atomic mass is 16.5. The molecule has 2 atom stereocenters. The summed E-state index contributed by atoms with van der Waals surface area (Å²) in [6.45, 7) is 3.76. The predicted octanol–water partition coefficient (Wildman–Crippen LogP) is 3.29. The number of hydrogen-bond donors (Lipinski definition) is 1. The van der Waals surface area contributed by atoms with Crippen LogP contribution in [0.4, 0.5) is 0 Å². The van der Waals surface area contributed by atoms with E-state index in [1.807, 2.05) is 0 Å². The Hall–Kier alpha value is -1.52. The molecule has 2 saturated heterocycles. The average Bonchev–Trinajstić information content (AvgIpc) is 2.99. The van der Waals surface area contributed by atoms with Gasteiger partial charge in [0, 0.05) is 35.8 Å². The van der Waals surface area contributed by atoms with Crippen LogP contribution in [0.2, 0.25) is 0 Å². The minimum absolute atomic E-state index is 0.580. The van der Waals surface area contributed by atoms with E-state index in [2.05, 4.69) is 33.0 Å². The molecule has 0 spiro atoms. The summed E-state index contributed by atoms with van der Waals surface area (Å²) >= 11 is 0. The van der Waals surface area contributed by atoms with Gasteiger partial charge < -0.3 is 9.72 Å². The molecule has 0 bridgehead atoms. The molecule has 1 N–H and O–H groups in total. The van der Waals surface area contributed by atoms with Crippen molar-refractivity contribution in [1.29, 1.82) is 0 Å². The largest absolute Gasteiger partial charge is 0.497 e. The summed E-state index contributed by atoms with van der Waals surface area (Å²) in [5.41, 5.74) is 4.26. The van der Waals surface area contributed by atoms with Crippen molar-refractivity contribution in [3.05, 3.63) is 29.5 Å². The Bertz CT molecular complexity index is 738. The first kappa shape index (κ1) is 13.9. The van der Waals surface area contributed by atoms with Crippen molar-refractivity contribution in [2.75, 3.05) is 26.7 Å². The average molecular weight is 311 g/mol. The van der Waals surface area contributed by atoms with Crippen LogP contribution in [0.25, 0.3) is 10.9 Å². The monoisotopic (exact) mass is 311 g/mol. The van der Waals surface area contributed by atoms with Crippen molar-refractivity contribution in [2.24, 2.45) is 0 Å². The number of nitrogens with zero attached hydrogens (tertiary/aromatic N) is 2. The first-order valence-corrected chi connectivity index (χ1v) is 9.03. The molecule has 2 fully saturated rings. The number of fused-ring (bicyclic) bond motifs is 7. The summed E-state index contributed by atoms with van der Waals surface area (Å²) in [5.74, 6) is 0.940. The number of rotatable bonds is 1. The van der Waals surface area contributed by atoms with Gasteiger partial charge in [0.2, 0.25) is 0 Å². The van der Waals surface area contributed by atoms with Gasteiger partial charge in [0.25, 0.3) is 0 Å². The molecule has 4 heteroatoms. The Morgan fingerprint density at radius 1 is 1.13 bits per heavy atom. The Kier molecular flexibility index (Phi) is 3.17. The Labute approximate surface area is 137 Å². The molecule has 0 unspecified atom stereocenters. The number of hydrogen-bond acceptors (Lipinski definition) is 3. The Morgan fingerprint density at radius 2 is 2.09 bits per heavy atom. The van der Waals surface area contributed by atoms with E-state index >= 15 is 0 Å². The van der Waals surface area contributed by atoms with E-state index in [4.69, 9.17) is 4.74 Å². The van der Waals surface area contributed by atoms with Crippen molar-refractivity contribution in [3.8, 4) is 5.75 Å². The Morgan fingerprint density at radius 3 is 3.00 bits per heavy atom. The van der Waals surface area contributed by atoms with Gasteiger partial charge in [-0.3, -0.25) is 9.80 Å². The van der Waals surface area contributed by atoms with Crippen LogP contribution in [0, 0.1) is 0 Å². The van der Waals surface area contributed by atoms with Crippen LogP contribution in [0.3, 0.4) is 0 Å². The molecular weight excluding hydrogens is 286 g/mol. The zero-order chi connectivity index (χ0) is 15.4. The van der Waals surface area contributed by atoms with Crippen LogP contribution in [0.1, 0.15) is 43.0 Å². The minimum atomic E-state index is 0.580. The number of ether oxygens (including phenoxy) is 1. The third kappa shape index (κ3) is 2.05. The number of aromatic nitrogens is 1. The molecule has 4 nitrogen and oxygen atoms in total. The van der Waals surface area contributed by atoms with Crippen LogP contribution >= 0.6 is 0 Å². The van der Waals surface area contributed by atoms with Crippen LogP contribution in [0.5, 0.6) is 5.75 Å². The van der Waals surface area contributed by atoms with E-state index in [0.717, 1.165) is 5.75 Å². The molecule has 2 aromatic rings. The van der Waals surface area contributed by atoms with Gasteiger partial charge in [-0.05, 0) is 56.3 Å². The number of benzene rings is 1. The van der Waals surface area contributed by atoms with E-state index in [9.17, 15) is 0 Å². The van der Waals surface area contributed by atoms with Gasteiger partial charge in [0.1, 0.15) is 5.75 Å². The van der Waals surface area contributed by atoms with Gasteiger partial charge in [-0.2, -0.15) is 0 Å². The summed E-state index contributed by atoms with van der Waals surface area (Å²) < 4.78 is 5.39. The molecule has 0 radical (unpaired) electrons. The highest BCUT2D eigenvalue weighted by Crippen LogP contribution is 2.42. The predicted molar refractivity (Wildman–Crippen MR) is 91.8 cm³/mol. The summed E-state index contributed by atoms with van der Waals surface area (Å²) in [6, 6.07) is 7.05. The smallest absolute Gasteiger partial charge is 0.120 e. The summed E-state index contributed by atoms with van der Waals surface area (Å²) in [4.78, 5) is 9.24. The zero-order valence-corrected chi connectivity index (χ0v) is 13.8. The van der Waals surface area contributed by atoms with E-state index in [1.54, 1.807) is 12.7 Å². The third-order valence-corrected chi connectivity index (χ3v) is 6.15. The fraction of sp³-hybridized carbons (Fsp3) is 0.579. The second kappa shape index (κ2) is 5.25. The topological polar surface area (TPSA) is 31.5 Å². The van der Waals surface area contributed by atoms with Crippen molar-refractivity contribution < 1.29 is 4.74 Å². The highest BCUT2D eigenvalue weighted by Gasteiger charge is 2.41. The maximum atomic E-state index is 5.39. The van der Waals surface area contributed by atoms with E-state index in [-0.39, 0.29) is 0 Å². The molecule has 0 saturated carbocycles. The lowest BCUT2D eigenvalue weighted by molar-refractivity contribution is -0.0599. The first-order valence-electron chi connectivity index (χ1n) is 9.03. The number of nitrogens with one attached hydrogen (secondary N) is 1. The molecule has 1 aromatic carbocycles. The lowest BCUT2D eigenvalue weighted by atomic mass is 9.90. The van der Waals surface area contributed by atoms with E-state index in [1.165, 1.54) is 68.3 Å². The molecule has 3 aliphatic heterocycles. The van der Waals surface area contributed by atoms with Gasteiger partial charge in [-0.15, -0.1) is 0 Å². The van der Waals surface area contributed by atoms with Gasteiger partial charge in [0.05, 0.1) is 19.3 Å². The van der Waals surface area contributed by atoms with Gasteiger partial charge in [-0.1, -0.05) is 0 Å². The molecule has 3 aliphatic rings. The second-order valence-electron chi connectivity index (χ2n) is 7.23. The normalized spacial score (nSPS) is 28.2. The van der Waals surface area contributed by atoms with Gasteiger partial charge in [0.15, 0.2) is 0 Å². The number of piperidine rings is 1. The minimum Gasteiger partial charge on any atom is -0.497 e. The molecule has 0 amide bonds. The van der Waals surface area contributed by atoms with Crippen LogP contribution < -0.4 is 4.74 Å². The fourth-order valence-electron chi connectivity index (χ4n) is 5.06. The van der Waals surface area contributed by atoms with Gasteiger partial charge in [-0.25, -0.2) is 0 Å². The lowest BCUT2D eigenvalue weighted by Gasteiger charge is -2.52. The molecule has 4 heterocycles. The highest BCUT2D eigenvalue weighted by molar-refractivity contribution is 5.86. The maximum Gasteiger partial charge on any atom is 0.120 e. The quantitative estimate of drug-likeness (QED) is 0.877. The first-order chi connectivity index (χ1) is 11.3. The zero-order valence-electron chi connectivity index (χ0n) is 13.8. The molecule has 23 heavy (non-hydrogen) atoms. The maximum absolute atomic E-state index is 5.39. The van der Waals surface area contributed by atoms with E-state index in [0.29, 0.717) is 12.2 Å². The number of aromatic amines is 1.